The molecule has 0 radical (unpaired) electrons. The van der Waals surface area contributed by atoms with Gasteiger partial charge in [0, 0.05) is 22.7 Å². The van der Waals surface area contributed by atoms with Crippen molar-refractivity contribution >= 4 is 22.6 Å². The van der Waals surface area contributed by atoms with E-state index in [0.717, 1.165) is 23.0 Å². The molecule has 0 atom stereocenters. The number of hydrogen-bond acceptors (Lipinski definition) is 4. The highest BCUT2D eigenvalue weighted by atomic mass is 16.5. The van der Waals surface area contributed by atoms with Crippen LogP contribution in [-0.4, -0.2) is 19.6 Å². The van der Waals surface area contributed by atoms with Crippen LogP contribution >= 0.6 is 0 Å². The first kappa shape index (κ1) is 17.9. The van der Waals surface area contributed by atoms with Crippen molar-refractivity contribution in [3.8, 4) is 11.5 Å². The fraction of sp³-hybridized carbons (Fsp3) is 0.286. The number of hydrogen-bond donors (Lipinski definition) is 1. The number of ether oxygens (including phenoxy) is 2. The Morgan fingerprint density at radius 3 is 2.69 bits per heavy atom. The summed E-state index contributed by atoms with van der Waals surface area (Å²) in [7, 11) is 1.58. The molecule has 26 heavy (non-hydrogen) atoms. The second kappa shape index (κ2) is 7.95. The molecular formula is C21H23NO4. The average molecular weight is 353 g/mol. The number of carbonyl (C=O) groups is 1. The van der Waals surface area contributed by atoms with Gasteiger partial charge in [0.2, 0.25) is 5.91 Å². The van der Waals surface area contributed by atoms with Gasteiger partial charge in [-0.1, -0.05) is 19.1 Å². The molecule has 3 rings (SSSR count). The van der Waals surface area contributed by atoms with Crippen LogP contribution < -0.4 is 14.8 Å². The van der Waals surface area contributed by atoms with Crippen molar-refractivity contribution in [1.29, 1.82) is 0 Å². The molecule has 0 unspecified atom stereocenters. The molecule has 5 nitrogen and oxygen atoms in total. The molecule has 1 N–H and O–H groups in total. The van der Waals surface area contributed by atoms with Gasteiger partial charge in [-0.15, -0.1) is 0 Å². The minimum absolute atomic E-state index is 0.113. The standard InChI is InChI=1S/C21H23NO4/c1-4-14-6-8-17-15(13-26-19(17)10-14)11-21(23)22-16-7-9-18(25-5-2)20(12-16)24-3/h6-10,12-13H,4-5,11H2,1-3H3,(H,22,23). The van der Waals surface area contributed by atoms with Crippen LogP contribution in [0.5, 0.6) is 11.5 Å². The Kier molecular flexibility index (Phi) is 5.46. The highest BCUT2D eigenvalue weighted by Crippen LogP contribution is 2.30. The first-order chi connectivity index (χ1) is 12.6. The lowest BCUT2D eigenvalue weighted by atomic mass is 10.1. The maximum Gasteiger partial charge on any atom is 0.228 e. The normalized spacial score (nSPS) is 10.7. The van der Waals surface area contributed by atoms with Gasteiger partial charge in [-0.3, -0.25) is 4.79 Å². The summed E-state index contributed by atoms with van der Waals surface area (Å²) in [5.41, 5.74) is 3.56. The van der Waals surface area contributed by atoms with Crippen LogP contribution in [0.1, 0.15) is 25.0 Å². The van der Waals surface area contributed by atoms with Crippen LogP contribution in [0.3, 0.4) is 0 Å². The molecule has 0 saturated carbocycles. The Morgan fingerprint density at radius 2 is 1.96 bits per heavy atom. The zero-order chi connectivity index (χ0) is 18.5. The molecule has 3 aromatic rings. The topological polar surface area (TPSA) is 60.7 Å². The summed E-state index contributed by atoms with van der Waals surface area (Å²) in [6.45, 7) is 4.56. The van der Waals surface area contributed by atoms with Crippen LogP contribution in [0.4, 0.5) is 5.69 Å². The van der Waals surface area contributed by atoms with E-state index in [2.05, 4.69) is 18.3 Å². The predicted molar refractivity (Wildman–Crippen MR) is 102 cm³/mol. The molecule has 0 fully saturated rings. The minimum atomic E-state index is -0.113. The first-order valence-corrected chi connectivity index (χ1v) is 8.74. The number of carbonyl (C=O) groups excluding carboxylic acids is 1. The smallest absolute Gasteiger partial charge is 0.228 e. The molecule has 1 heterocycles. The summed E-state index contributed by atoms with van der Waals surface area (Å²) >= 11 is 0. The van der Waals surface area contributed by atoms with Crippen molar-refractivity contribution in [2.75, 3.05) is 19.0 Å². The average Bonchev–Trinajstić information content (AvgIpc) is 3.04. The fourth-order valence-corrected chi connectivity index (χ4v) is 2.88. The zero-order valence-corrected chi connectivity index (χ0v) is 15.3. The van der Waals surface area contributed by atoms with Gasteiger partial charge in [-0.25, -0.2) is 0 Å². The number of amides is 1. The number of rotatable bonds is 7. The Labute approximate surface area is 152 Å². The van der Waals surface area contributed by atoms with Gasteiger partial charge in [-0.05, 0) is 37.1 Å². The van der Waals surface area contributed by atoms with Gasteiger partial charge >= 0.3 is 0 Å². The summed E-state index contributed by atoms with van der Waals surface area (Å²) in [5, 5.41) is 3.87. The Morgan fingerprint density at radius 1 is 1.12 bits per heavy atom. The SMILES string of the molecule is CCOc1ccc(NC(=O)Cc2coc3cc(CC)ccc23)cc1OC. The molecule has 1 amide bonds. The Balaban J connectivity index is 1.73. The van der Waals surface area contributed by atoms with Crippen molar-refractivity contribution in [2.24, 2.45) is 0 Å². The van der Waals surface area contributed by atoms with E-state index in [0.29, 0.717) is 23.8 Å². The molecule has 0 spiro atoms. The summed E-state index contributed by atoms with van der Waals surface area (Å²) < 4.78 is 16.4. The van der Waals surface area contributed by atoms with E-state index in [4.69, 9.17) is 13.9 Å². The van der Waals surface area contributed by atoms with E-state index in [9.17, 15) is 4.79 Å². The summed E-state index contributed by atoms with van der Waals surface area (Å²) in [5.74, 6) is 1.13. The lowest BCUT2D eigenvalue weighted by Gasteiger charge is -2.11. The number of methoxy groups -OCH3 is 1. The molecular weight excluding hydrogens is 330 g/mol. The number of aryl methyl sites for hydroxylation is 1. The molecule has 0 aliphatic carbocycles. The highest BCUT2D eigenvalue weighted by molar-refractivity contribution is 5.95. The molecule has 5 heteroatoms. The summed E-state index contributed by atoms with van der Waals surface area (Å²) in [4.78, 5) is 12.4. The molecule has 1 aromatic heterocycles. The van der Waals surface area contributed by atoms with Crippen LogP contribution in [0, 0.1) is 0 Å². The van der Waals surface area contributed by atoms with E-state index in [1.807, 2.05) is 19.1 Å². The van der Waals surface area contributed by atoms with Crippen LogP contribution in [0.2, 0.25) is 0 Å². The van der Waals surface area contributed by atoms with Crippen LogP contribution in [0.25, 0.3) is 11.0 Å². The molecule has 0 aliphatic rings. The van der Waals surface area contributed by atoms with E-state index >= 15 is 0 Å². The molecule has 0 bridgehead atoms. The number of furan rings is 1. The van der Waals surface area contributed by atoms with Crippen LogP contribution in [0.15, 0.2) is 47.1 Å². The molecule has 2 aromatic carbocycles. The van der Waals surface area contributed by atoms with Crippen LogP contribution in [-0.2, 0) is 17.6 Å². The number of anilines is 1. The fourth-order valence-electron chi connectivity index (χ4n) is 2.88. The third kappa shape index (κ3) is 3.82. The van der Waals surface area contributed by atoms with Gasteiger partial charge < -0.3 is 19.2 Å². The maximum absolute atomic E-state index is 12.4. The lowest BCUT2D eigenvalue weighted by molar-refractivity contribution is -0.115. The molecule has 0 saturated heterocycles. The first-order valence-electron chi connectivity index (χ1n) is 8.74. The quantitative estimate of drug-likeness (QED) is 0.675. The second-order valence-corrected chi connectivity index (χ2v) is 5.97. The predicted octanol–water partition coefficient (Wildman–Crippen LogP) is 4.58. The van der Waals surface area contributed by atoms with Crippen molar-refractivity contribution in [1.82, 2.24) is 0 Å². The second-order valence-electron chi connectivity index (χ2n) is 5.97. The van der Waals surface area contributed by atoms with E-state index in [-0.39, 0.29) is 12.3 Å². The number of fused-ring (bicyclic) bond motifs is 1. The van der Waals surface area contributed by atoms with Gasteiger partial charge in [0.05, 0.1) is 26.4 Å². The van der Waals surface area contributed by atoms with Crippen molar-refractivity contribution < 1.29 is 18.7 Å². The van der Waals surface area contributed by atoms with Crippen molar-refractivity contribution in [3.05, 3.63) is 53.8 Å². The lowest BCUT2D eigenvalue weighted by Crippen LogP contribution is -2.14. The third-order valence-corrected chi connectivity index (χ3v) is 4.23. The van der Waals surface area contributed by atoms with E-state index in [1.165, 1.54) is 5.56 Å². The minimum Gasteiger partial charge on any atom is -0.493 e. The van der Waals surface area contributed by atoms with Gasteiger partial charge in [0.15, 0.2) is 11.5 Å². The van der Waals surface area contributed by atoms with E-state index in [1.54, 1.807) is 31.6 Å². The van der Waals surface area contributed by atoms with Gasteiger partial charge in [0.25, 0.3) is 0 Å². The number of nitrogens with one attached hydrogen (secondary N) is 1. The molecule has 0 aliphatic heterocycles. The maximum atomic E-state index is 12.4. The number of benzene rings is 2. The summed E-state index contributed by atoms with van der Waals surface area (Å²) in [6.07, 6.45) is 2.85. The Bertz CT molecular complexity index is 914. The monoisotopic (exact) mass is 353 g/mol. The Hall–Kier alpha value is -2.95. The van der Waals surface area contributed by atoms with Crippen molar-refractivity contribution in [3.63, 3.8) is 0 Å². The summed E-state index contributed by atoms with van der Waals surface area (Å²) in [6, 6.07) is 11.4. The van der Waals surface area contributed by atoms with E-state index < -0.39 is 0 Å². The zero-order valence-electron chi connectivity index (χ0n) is 15.3. The highest BCUT2D eigenvalue weighted by Gasteiger charge is 2.12. The van der Waals surface area contributed by atoms with Gasteiger partial charge in [-0.2, -0.15) is 0 Å². The van der Waals surface area contributed by atoms with Crippen molar-refractivity contribution in [2.45, 2.75) is 26.7 Å². The third-order valence-electron chi connectivity index (χ3n) is 4.23. The van der Waals surface area contributed by atoms with Gasteiger partial charge in [0.1, 0.15) is 5.58 Å². The largest absolute Gasteiger partial charge is 0.493 e. The molecule has 136 valence electrons.